The Morgan fingerprint density at radius 2 is 2.25 bits per heavy atom. The largest absolute Gasteiger partial charge is 0.388 e. The first kappa shape index (κ1) is 11.6. The van der Waals surface area contributed by atoms with Crippen LogP contribution in [0.2, 0.25) is 5.02 Å². The number of halogens is 2. The number of allylic oxidation sites excluding steroid dienone is 1. The van der Waals surface area contributed by atoms with Crippen molar-refractivity contribution >= 4 is 11.6 Å². The van der Waals surface area contributed by atoms with Gasteiger partial charge in [-0.2, -0.15) is 0 Å². The van der Waals surface area contributed by atoms with E-state index >= 15 is 0 Å². The molecule has 0 radical (unpaired) electrons. The van der Waals surface area contributed by atoms with E-state index in [1.165, 1.54) is 6.07 Å². The second kappa shape index (κ2) is 4.98. The van der Waals surface area contributed by atoms with E-state index in [-0.39, 0.29) is 12.2 Å². The van der Waals surface area contributed by atoms with Crippen LogP contribution in [0.5, 0.6) is 0 Å². The molecular formula is C13H14ClFO. The molecule has 1 unspecified atom stereocenters. The lowest BCUT2D eigenvalue weighted by Gasteiger charge is -2.13. The van der Waals surface area contributed by atoms with Gasteiger partial charge in [-0.15, -0.1) is 0 Å². The Balaban J connectivity index is 2.14. The normalized spacial score (nSPS) is 17.3. The number of aliphatic hydroxyl groups is 1. The number of rotatable bonds is 3. The zero-order chi connectivity index (χ0) is 11.5. The van der Waals surface area contributed by atoms with Gasteiger partial charge in [-0.25, -0.2) is 4.39 Å². The summed E-state index contributed by atoms with van der Waals surface area (Å²) in [6.07, 6.45) is 4.70. The van der Waals surface area contributed by atoms with Crippen LogP contribution in [0, 0.1) is 5.82 Å². The predicted octanol–water partition coefficient (Wildman–Crippen LogP) is 3.49. The molecule has 0 amide bonds. The minimum Gasteiger partial charge on any atom is -0.388 e. The maximum Gasteiger partial charge on any atom is 0.127 e. The quantitative estimate of drug-likeness (QED) is 0.802. The van der Waals surface area contributed by atoms with Crippen LogP contribution in [-0.4, -0.2) is 11.2 Å². The monoisotopic (exact) mass is 240 g/mol. The highest BCUT2D eigenvalue weighted by atomic mass is 35.5. The van der Waals surface area contributed by atoms with Crippen LogP contribution in [0.25, 0.3) is 0 Å². The van der Waals surface area contributed by atoms with Crippen LogP contribution < -0.4 is 0 Å². The predicted molar refractivity (Wildman–Crippen MR) is 63.1 cm³/mol. The highest BCUT2D eigenvalue weighted by Gasteiger charge is 2.18. The fourth-order valence-corrected chi connectivity index (χ4v) is 2.29. The van der Waals surface area contributed by atoms with Crippen LogP contribution in [-0.2, 0) is 6.42 Å². The molecule has 0 heterocycles. The van der Waals surface area contributed by atoms with E-state index in [0.717, 1.165) is 24.8 Å². The maximum absolute atomic E-state index is 13.5. The molecule has 0 saturated heterocycles. The van der Waals surface area contributed by atoms with Gasteiger partial charge in [0.15, 0.2) is 0 Å². The van der Waals surface area contributed by atoms with Crippen molar-refractivity contribution in [2.75, 3.05) is 0 Å². The molecule has 0 spiro atoms. The Labute approximate surface area is 99.6 Å². The molecule has 86 valence electrons. The molecule has 1 aromatic rings. The van der Waals surface area contributed by atoms with Crippen LogP contribution in [0.1, 0.15) is 24.8 Å². The van der Waals surface area contributed by atoms with E-state index in [9.17, 15) is 9.50 Å². The number of benzene rings is 1. The van der Waals surface area contributed by atoms with Gasteiger partial charge in [-0.05, 0) is 37.0 Å². The molecule has 1 aromatic carbocycles. The van der Waals surface area contributed by atoms with E-state index in [4.69, 9.17) is 11.6 Å². The number of hydrogen-bond donors (Lipinski definition) is 1. The molecule has 1 N–H and O–H groups in total. The molecule has 0 aromatic heterocycles. The Morgan fingerprint density at radius 3 is 2.88 bits per heavy atom. The van der Waals surface area contributed by atoms with Crippen molar-refractivity contribution < 1.29 is 9.50 Å². The summed E-state index contributed by atoms with van der Waals surface area (Å²) in [6.45, 7) is 0. The molecule has 1 nitrogen and oxygen atoms in total. The molecular weight excluding hydrogens is 227 g/mol. The minimum atomic E-state index is -0.600. The van der Waals surface area contributed by atoms with Crippen molar-refractivity contribution in [2.45, 2.75) is 31.8 Å². The second-order valence-electron chi connectivity index (χ2n) is 4.09. The van der Waals surface area contributed by atoms with Crippen LogP contribution >= 0.6 is 11.6 Å². The van der Waals surface area contributed by atoms with Crippen LogP contribution in [0.3, 0.4) is 0 Å². The van der Waals surface area contributed by atoms with Gasteiger partial charge >= 0.3 is 0 Å². The van der Waals surface area contributed by atoms with Crippen molar-refractivity contribution in [3.63, 3.8) is 0 Å². The van der Waals surface area contributed by atoms with Gasteiger partial charge in [0.25, 0.3) is 0 Å². The summed E-state index contributed by atoms with van der Waals surface area (Å²) in [5.41, 5.74) is 1.42. The molecule has 0 saturated carbocycles. The minimum absolute atomic E-state index is 0.261. The zero-order valence-corrected chi connectivity index (χ0v) is 9.67. The molecule has 2 rings (SSSR count). The van der Waals surface area contributed by atoms with E-state index in [2.05, 4.69) is 0 Å². The van der Waals surface area contributed by atoms with Crippen LogP contribution in [0.4, 0.5) is 4.39 Å². The molecule has 1 atom stereocenters. The van der Waals surface area contributed by atoms with E-state index < -0.39 is 6.10 Å². The Morgan fingerprint density at radius 1 is 1.44 bits per heavy atom. The lowest BCUT2D eigenvalue weighted by Crippen LogP contribution is -2.14. The smallest absolute Gasteiger partial charge is 0.127 e. The summed E-state index contributed by atoms with van der Waals surface area (Å²) in [4.78, 5) is 0. The molecule has 0 fully saturated rings. The van der Waals surface area contributed by atoms with Gasteiger partial charge in [0.05, 0.1) is 6.10 Å². The van der Waals surface area contributed by atoms with E-state index in [1.54, 1.807) is 12.1 Å². The summed E-state index contributed by atoms with van der Waals surface area (Å²) in [5, 5.41) is 10.3. The Hall–Kier alpha value is -0.860. The molecule has 1 aliphatic carbocycles. The Bertz CT molecular complexity index is 394. The maximum atomic E-state index is 13.5. The van der Waals surface area contributed by atoms with Crippen molar-refractivity contribution in [3.05, 3.63) is 46.3 Å². The molecule has 1 aliphatic rings. The van der Waals surface area contributed by atoms with Gasteiger partial charge < -0.3 is 5.11 Å². The number of aliphatic hydroxyl groups excluding tert-OH is 1. The molecule has 0 bridgehead atoms. The molecule has 0 aliphatic heterocycles. The lowest BCUT2D eigenvalue weighted by molar-refractivity contribution is 0.207. The average molecular weight is 241 g/mol. The topological polar surface area (TPSA) is 20.2 Å². The van der Waals surface area contributed by atoms with Crippen molar-refractivity contribution in [1.82, 2.24) is 0 Å². The molecule has 16 heavy (non-hydrogen) atoms. The van der Waals surface area contributed by atoms with Gasteiger partial charge in [0.1, 0.15) is 5.82 Å². The van der Waals surface area contributed by atoms with Crippen LogP contribution in [0.15, 0.2) is 29.8 Å². The first-order chi connectivity index (χ1) is 7.68. The van der Waals surface area contributed by atoms with Crippen molar-refractivity contribution in [3.8, 4) is 0 Å². The molecule has 3 heteroatoms. The van der Waals surface area contributed by atoms with Gasteiger partial charge in [0.2, 0.25) is 0 Å². The first-order valence-electron chi connectivity index (χ1n) is 5.48. The number of hydrogen-bond acceptors (Lipinski definition) is 1. The third-order valence-corrected chi connectivity index (χ3v) is 3.32. The lowest BCUT2D eigenvalue weighted by atomic mass is 10.0. The fourth-order valence-electron chi connectivity index (χ4n) is 2.05. The van der Waals surface area contributed by atoms with Crippen molar-refractivity contribution in [2.24, 2.45) is 0 Å². The van der Waals surface area contributed by atoms with E-state index in [1.807, 2.05) is 6.08 Å². The van der Waals surface area contributed by atoms with Gasteiger partial charge in [-0.1, -0.05) is 23.7 Å². The third-order valence-electron chi connectivity index (χ3n) is 2.96. The summed E-state index contributed by atoms with van der Waals surface area (Å²) < 4.78 is 13.5. The average Bonchev–Trinajstić information content (AvgIpc) is 2.76. The summed E-state index contributed by atoms with van der Waals surface area (Å²) in [6, 6.07) is 4.59. The van der Waals surface area contributed by atoms with Crippen molar-refractivity contribution in [1.29, 1.82) is 0 Å². The third kappa shape index (κ3) is 2.45. The zero-order valence-electron chi connectivity index (χ0n) is 8.92. The fraction of sp³-hybridized carbons (Fsp3) is 0.385. The van der Waals surface area contributed by atoms with E-state index in [0.29, 0.717) is 10.6 Å². The van der Waals surface area contributed by atoms with Gasteiger partial charge in [0, 0.05) is 17.0 Å². The first-order valence-corrected chi connectivity index (χ1v) is 5.86. The summed E-state index contributed by atoms with van der Waals surface area (Å²) in [5.74, 6) is -0.342. The Kier molecular flexibility index (Phi) is 3.62. The van der Waals surface area contributed by atoms with Gasteiger partial charge in [-0.3, -0.25) is 0 Å². The summed E-state index contributed by atoms with van der Waals surface area (Å²) >= 11 is 5.91. The SMILES string of the molecule is OC(Cc1c(F)cccc1Cl)C1=CCCC1. The standard InChI is InChI=1S/C13H14ClFO/c14-11-6-3-7-12(15)10(11)8-13(16)9-4-1-2-5-9/h3-4,6-7,13,16H,1-2,5,8H2. The second-order valence-corrected chi connectivity index (χ2v) is 4.50. The summed E-state index contributed by atoms with van der Waals surface area (Å²) in [7, 11) is 0. The highest BCUT2D eigenvalue weighted by molar-refractivity contribution is 6.31. The highest BCUT2D eigenvalue weighted by Crippen LogP contribution is 2.26.